The molecule has 0 radical (unpaired) electrons. The number of hydrogen-bond acceptors (Lipinski definition) is 8. The molecule has 2 aromatic carbocycles. The van der Waals surface area contributed by atoms with Crippen molar-refractivity contribution >= 4 is 28.3 Å². The van der Waals surface area contributed by atoms with Crippen LogP contribution >= 0.6 is 11.3 Å². The lowest BCUT2D eigenvalue weighted by Gasteiger charge is -2.30. The first-order valence-corrected chi connectivity index (χ1v) is 13.2. The molecule has 0 saturated carbocycles. The van der Waals surface area contributed by atoms with Gasteiger partial charge in [0.25, 0.3) is 11.8 Å². The van der Waals surface area contributed by atoms with Gasteiger partial charge in [-0.1, -0.05) is 0 Å². The predicted octanol–water partition coefficient (Wildman–Crippen LogP) is 4.09. The summed E-state index contributed by atoms with van der Waals surface area (Å²) in [5.41, 5.74) is 2.04. The highest BCUT2D eigenvalue weighted by Crippen LogP contribution is 2.30. The highest BCUT2D eigenvalue weighted by atomic mass is 32.1. The molecule has 3 aromatic rings. The zero-order valence-electron chi connectivity index (χ0n) is 20.9. The van der Waals surface area contributed by atoms with Crippen LogP contribution in [-0.4, -0.2) is 61.2 Å². The number of amides is 2. The van der Waals surface area contributed by atoms with E-state index in [9.17, 15) is 9.59 Å². The quantitative estimate of drug-likeness (QED) is 0.436. The number of carbonyl (C=O) groups excluding carboxylic acids is 2. The second-order valence-corrected chi connectivity index (χ2v) is 10.2. The Kier molecular flexibility index (Phi) is 7.68. The number of benzene rings is 2. The number of anilines is 1. The normalized spacial score (nSPS) is 15.4. The number of aromatic nitrogens is 1. The maximum atomic E-state index is 13.2. The van der Waals surface area contributed by atoms with Crippen molar-refractivity contribution in [1.82, 2.24) is 15.2 Å². The Labute approximate surface area is 219 Å². The van der Waals surface area contributed by atoms with Gasteiger partial charge in [-0.2, -0.15) is 0 Å². The van der Waals surface area contributed by atoms with E-state index in [0.29, 0.717) is 40.1 Å². The van der Waals surface area contributed by atoms with Gasteiger partial charge < -0.3 is 24.4 Å². The van der Waals surface area contributed by atoms with Gasteiger partial charge >= 0.3 is 0 Å². The Morgan fingerprint density at radius 2 is 1.89 bits per heavy atom. The van der Waals surface area contributed by atoms with Crippen molar-refractivity contribution in [3.63, 3.8) is 0 Å². The van der Waals surface area contributed by atoms with Crippen LogP contribution in [0.3, 0.4) is 0 Å². The van der Waals surface area contributed by atoms with Crippen LogP contribution < -0.4 is 20.1 Å². The molecule has 0 spiro atoms. The van der Waals surface area contributed by atoms with Crippen molar-refractivity contribution in [1.29, 1.82) is 0 Å². The molecule has 1 unspecified atom stereocenters. The fourth-order valence-corrected chi connectivity index (χ4v) is 5.16. The number of carbonyl (C=O) groups is 2. The summed E-state index contributed by atoms with van der Waals surface area (Å²) in [5, 5.41) is 6.81. The van der Waals surface area contributed by atoms with Gasteiger partial charge in [-0.15, -0.1) is 11.3 Å². The molecule has 9 nitrogen and oxygen atoms in total. The Balaban J connectivity index is 1.35. The second kappa shape index (κ2) is 11.3. The van der Waals surface area contributed by atoms with E-state index in [1.165, 1.54) is 11.3 Å². The molecule has 0 aliphatic carbocycles. The Bertz CT molecular complexity index is 1250. The summed E-state index contributed by atoms with van der Waals surface area (Å²) in [6.45, 7) is 5.55. The van der Waals surface area contributed by atoms with Crippen LogP contribution in [-0.2, 0) is 17.7 Å². The molecule has 1 atom stereocenters. The number of likely N-dealkylation sites (tertiary alicyclic amines) is 1. The smallest absolute Gasteiger partial charge is 0.257 e. The molecule has 1 aromatic heterocycles. The summed E-state index contributed by atoms with van der Waals surface area (Å²) in [6, 6.07) is 12.1. The van der Waals surface area contributed by atoms with E-state index in [-0.39, 0.29) is 17.9 Å². The summed E-state index contributed by atoms with van der Waals surface area (Å²) < 4.78 is 17.2. The number of nitrogens with one attached hydrogen (secondary N) is 2. The molecule has 2 N–H and O–H groups in total. The fraction of sp³-hybridized carbons (Fsp3) is 0.370. The van der Waals surface area contributed by atoms with Crippen molar-refractivity contribution < 1.29 is 23.8 Å². The first-order chi connectivity index (χ1) is 18.0. The topological polar surface area (TPSA) is 102 Å². The maximum absolute atomic E-state index is 13.2. The standard InChI is InChI=1S/C27H30N4O5S/c1-17(16-34-2)35-21-12-19(25(32)30-27-29-23-8-9-28-15-24(23)37-27)13-22(14-21)36-20-6-4-18(5-7-20)26(33)31-10-3-11-31/h4-7,12-14,17,28H,3,8-11,15-16H2,1-2H3,(H,29,30,32). The molecule has 2 aliphatic heterocycles. The summed E-state index contributed by atoms with van der Waals surface area (Å²) in [5.74, 6) is 1.20. The Morgan fingerprint density at radius 3 is 2.59 bits per heavy atom. The summed E-state index contributed by atoms with van der Waals surface area (Å²) in [6.07, 6.45) is 1.68. The molecular formula is C27H30N4O5S. The van der Waals surface area contributed by atoms with E-state index in [4.69, 9.17) is 14.2 Å². The number of methoxy groups -OCH3 is 1. The summed E-state index contributed by atoms with van der Waals surface area (Å²) in [4.78, 5) is 33.2. The highest BCUT2D eigenvalue weighted by molar-refractivity contribution is 7.15. The first kappa shape index (κ1) is 25.2. The van der Waals surface area contributed by atoms with Crippen LogP contribution in [0.15, 0.2) is 42.5 Å². The van der Waals surface area contributed by atoms with Gasteiger partial charge in [0.2, 0.25) is 0 Å². The van der Waals surface area contributed by atoms with Crippen LogP contribution in [0.2, 0.25) is 0 Å². The van der Waals surface area contributed by atoms with Crippen molar-refractivity contribution in [2.75, 3.05) is 38.7 Å². The monoisotopic (exact) mass is 522 g/mol. The second-order valence-electron chi connectivity index (χ2n) is 9.12. The maximum Gasteiger partial charge on any atom is 0.257 e. The molecule has 0 bridgehead atoms. The minimum absolute atomic E-state index is 0.0268. The lowest BCUT2D eigenvalue weighted by atomic mass is 10.1. The van der Waals surface area contributed by atoms with Gasteiger partial charge in [-0.3, -0.25) is 14.9 Å². The van der Waals surface area contributed by atoms with E-state index in [1.54, 1.807) is 49.6 Å². The van der Waals surface area contributed by atoms with E-state index in [1.807, 2.05) is 11.8 Å². The van der Waals surface area contributed by atoms with Gasteiger partial charge in [0.1, 0.15) is 23.4 Å². The van der Waals surface area contributed by atoms with Crippen LogP contribution in [0.4, 0.5) is 5.13 Å². The lowest BCUT2D eigenvalue weighted by Crippen LogP contribution is -2.41. The SMILES string of the molecule is COCC(C)Oc1cc(Oc2ccc(C(=O)N3CCC3)cc2)cc(C(=O)Nc2nc3c(s2)CNCC3)c1. The molecule has 3 heterocycles. The van der Waals surface area contributed by atoms with E-state index in [2.05, 4.69) is 15.6 Å². The van der Waals surface area contributed by atoms with Crippen LogP contribution in [0.1, 0.15) is 44.6 Å². The fourth-order valence-electron chi connectivity index (χ4n) is 4.18. The van der Waals surface area contributed by atoms with Crippen LogP contribution in [0, 0.1) is 0 Å². The van der Waals surface area contributed by atoms with Crippen molar-refractivity contribution in [2.45, 2.75) is 32.4 Å². The summed E-state index contributed by atoms with van der Waals surface area (Å²) >= 11 is 1.48. The number of ether oxygens (including phenoxy) is 3. The van der Waals surface area contributed by atoms with Crippen LogP contribution in [0.25, 0.3) is 0 Å². The average Bonchev–Trinajstić information content (AvgIpc) is 3.25. The molecule has 2 amide bonds. The number of hydrogen-bond donors (Lipinski definition) is 2. The third-order valence-electron chi connectivity index (χ3n) is 6.18. The molecule has 2 aliphatic rings. The van der Waals surface area contributed by atoms with Crippen molar-refractivity contribution in [2.24, 2.45) is 0 Å². The van der Waals surface area contributed by atoms with E-state index >= 15 is 0 Å². The Morgan fingerprint density at radius 1 is 1.11 bits per heavy atom. The van der Waals surface area contributed by atoms with Crippen molar-refractivity contribution in [3.05, 3.63) is 64.2 Å². The molecule has 5 rings (SSSR count). The number of nitrogens with zero attached hydrogens (tertiary/aromatic N) is 2. The molecule has 1 fully saturated rings. The minimum atomic E-state index is -0.302. The molecule has 37 heavy (non-hydrogen) atoms. The number of thiazole rings is 1. The number of fused-ring (bicyclic) bond motifs is 1. The first-order valence-electron chi connectivity index (χ1n) is 12.4. The number of rotatable bonds is 9. The molecular weight excluding hydrogens is 492 g/mol. The molecule has 1 saturated heterocycles. The minimum Gasteiger partial charge on any atom is -0.488 e. The zero-order chi connectivity index (χ0) is 25.8. The summed E-state index contributed by atoms with van der Waals surface area (Å²) in [7, 11) is 1.61. The highest BCUT2D eigenvalue weighted by Gasteiger charge is 2.22. The van der Waals surface area contributed by atoms with Gasteiger partial charge in [0, 0.05) is 61.8 Å². The van der Waals surface area contributed by atoms with Gasteiger partial charge in [0.05, 0.1) is 12.3 Å². The Hall–Kier alpha value is -3.47. The molecule has 194 valence electrons. The molecule has 10 heteroatoms. The predicted molar refractivity (Wildman–Crippen MR) is 141 cm³/mol. The van der Waals surface area contributed by atoms with Crippen molar-refractivity contribution in [3.8, 4) is 17.2 Å². The lowest BCUT2D eigenvalue weighted by molar-refractivity contribution is 0.0651. The zero-order valence-corrected chi connectivity index (χ0v) is 21.7. The van der Waals surface area contributed by atoms with E-state index < -0.39 is 0 Å². The average molecular weight is 523 g/mol. The largest absolute Gasteiger partial charge is 0.488 e. The third-order valence-corrected chi connectivity index (χ3v) is 7.20. The van der Waals surface area contributed by atoms with E-state index in [0.717, 1.165) is 49.6 Å². The van der Waals surface area contributed by atoms with Gasteiger partial charge in [-0.05, 0) is 49.7 Å². The van der Waals surface area contributed by atoms with Gasteiger partial charge in [-0.25, -0.2) is 4.98 Å². The van der Waals surface area contributed by atoms with Crippen LogP contribution in [0.5, 0.6) is 17.2 Å². The third kappa shape index (κ3) is 6.10. The van der Waals surface area contributed by atoms with Gasteiger partial charge in [0.15, 0.2) is 5.13 Å².